The summed E-state index contributed by atoms with van der Waals surface area (Å²) in [6.07, 6.45) is 3.08. The predicted octanol–water partition coefficient (Wildman–Crippen LogP) is 2.26. The van der Waals surface area contributed by atoms with Crippen molar-refractivity contribution >= 4 is 5.91 Å². The molecule has 1 aliphatic carbocycles. The average molecular weight is 370 g/mol. The summed E-state index contributed by atoms with van der Waals surface area (Å²) in [6.45, 7) is 4.22. The van der Waals surface area contributed by atoms with Crippen LogP contribution in [-0.2, 0) is 11.2 Å². The van der Waals surface area contributed by atoms with Gasteiger partial charge in [0.2, 0.25) is 17.6 Å². The fraction of sp³-hybridized carbons (Fsp3) is 0.550. The Morgan fingerprint density at radius 2 is 2.11 bits per heavy atom. The first-order valence-electron chi connectivity index (χ1n) is 9.73. The normalized spacial score (nSPS) is 24.2. The molecule has 1 aromatic carbocycles. The molecule has 2 N–H and O–H groups in total. The number of benzene rings is 1. The first-order chi connectivity index (χ1) is 13.1. The van der Waals surface area contributed by atoms with Crippen molar-refractivity contribution < 1.29 is 14.1 Å². The summed E-state index contributed by atoms with van der Waals surface area (Å²) in [5.41, 5.74) is 7.01. The lowest BCUT2D eigenvalue weighted by atomic mass is 9.98. The molecule has 1 amide bonds. The first kappa shape index (κ1) is 18.0. The van der Waals surface area contributed by atoms with E-state index in [0.29, 0.717) is 43.0 Å². The lowest BCUT2D eigenvalue weighted by Gasteiger charge is -2.18. The van der Waals surface area contributed by atoms with Crippen LogP contribution in [0.1, 0.15) is 32.1 Å². The molecule has 2 aromatic rings. The second kappa shape index (κ2) is 7.68. The Hall–Kier alpha value is -2.41. The van der Waals surface area contributed by atoms with Crippen LogP contribution in [0.15, 0.2) is 28.8 Å². The van der Waals surface area contributed by atoms with Crippen molar-refractivity contribution in [2.75, 3.05) is 19.7 Å². The summed E-state index contributed by atoms with van der Waals surface area (Å²) >= 11 is 0. The molecule has 1 saturated heterocycles. The minimum Gasteiger partial charge on any atom is -0.494 e. The molecule has 1 aliphatic heterocycles. The van der Waals surface area contributed by atoms with E-state index in [1.54, 1.807) is 0 Å². The van der Waals surface area contributed by atoms with Crippen LogP contribution in [0.2, 0.25) is 0 Å². The van der Waals surface area contributed by atoms with Crippen molar-refractivity contribution in [3.8, 4) is 17.1 Å². The van der Waals surface area contributed by atoms with Gasteiger partial charge in [-0.05, 0) is 55.9 Å². The molecule has 1 aromatic heterocycles. The van der Waals surface area contributed by atoms with Crippen molar-refractivity contribution in [2.24, 2.45) is 17.6 Å². The lowest BCUT2D eigenvalue weighted by molar-refractivity contribution is -0.130. The van der Waals surface area contributed by atoms with Crippen LogP contribution in [0.3, 0.4) is 0 Å². The number of nitrogens with two attached hydrogens (primary N) is 1. The molecule has 3 atom stereocenters. The molecule has 2 fully saturated rings. The van der Waals surface area contributed by atoms with Crippen molar-refractivity contribution in [3.63, 3.8) is 0 Å². The minimum absolute atomic E-state index is 0.150. The molecule has 0 spiro atoms. The highest BCUT2D eigenvalue weighted by atomic mass is 16.5. The van der Waals surface area contributed by atoms with Gasteiger partial charge in [-0.3, -0.25) is 4.79 Å². The number of hydrogen-bond acceptors (Lipinski definition) is 6. The molecule has 0 radical (unpaired) electrons. The van der Waals surface area contributed by atoms with Gasteiger partial charge in [0, 0.05) is 37.5 Å². The molecule has 1 saturated carbocycles. The van der Waals surface area contributed by atoms with Gasteiger partial charge in [0.15, 0.2) is 0 Å². The number of aromatic nitrogens is 2. The second-order valence-electron chi connectivity index (χ2n) is 7.43. The molecule has 144 valence electrons. The number of ether oxygens (including phenoxy) is 1. The Kier molecular flexibility index (Phi) is 5.11. The monoisotopic (exact) mass is 370 g/mol. The van der Waals surface area contributed by atoms with Crippen LogP contribution >= 0.6 is 0 Å². The van der Waals surface area contributed by atoms with Crippen LogP contribution < -0.4 is 10.5 Å². The number of carbonyl (C=O) groups excluding carboxylic acids is 1. The van der Waals surface area contributed by atoms with Gasteiger partial charge in [-0.2, -0.15) is 4.98 Å². The van der Waals surface area contributed by atoms with E-state index in [1.807, 2.05) is 36.1 Å². The van der Waals surface area contributed by atoms with E-state index in [1.165, 1.54) is 0 Å². The zero-order valence-electron chi connectivity index (χ0n) is 15.6. The highest BCUT2D eigenvalue weighted by Crippen LogP contribution is 2.37. The van der Waals surface area contributed by atoms with Crippen LogP contribution in [0.25, 0.3) is 11.4 Å². The van der Waals surface area contributed by atoms with Crippen molar-refractivity contribution in [1.29, 1.82) is 0 Å². The van der Waals surface area contributed by atoms with Gasteiger partial charge in [0.25, 0.3) is 0 Å². The summed E-state index contributed by atoms with van der Waals surface area (Å²) in [5, 5.41) is 4.03. The van der Waals surface area contributed by atoms with E-state index in [-0.39, 0.29) is 11.9 Å². The molecule has 2 heterocycles. The van der Waals surface area contributed by atoms with Crippen LogP contribution in [-0.4, -0.2) is 46.7 Å². The minimum atomic E-state index is 0.150. The van der Waals surface area contributed by atoms with Gasteiger partial charge in [-0.15, -0.1) is 0 Å². The topological polar surface area (TPSA) is 94.5 Å². The van der Waals surface area contributed by atoms with E-state index >= 15 is 0 Å². The number of hydrogen-bond donors (Lipinski definition) is 1. The molecule has 0 bridgehead atoms. The smallest absolute Gasteiger partial charge is 0.227 e. The molecule has 27 heavy (non-hydrogen) atoms. The van der Waals surface area contributed by atoms with Crippen LogP contribution in [0.4, 0.5) is 0 Å². The third-order valence-corrected chi connectivity index (χ3v) is 5.71. The van der Waals surface area contributed by atoms with Crippen LogP contribution in [0, 0.1) is 11.8 Å². The maximum atomic E-state index is 12.5. The van der Waals surface area contributed by atoms with Crippen molar-refractivity contribution in [3.05, 3.63) is 30.2 Å². The van der Waals surface area contributed by atoms with Gasteiger partial charge < -0.3 is 19.9 Å². The molecular weight excluding hydrogens is 344 g/mol. The number of nitrogens with zero attached hydrogens (tertiary/aromatic N) is 3. The Labute approximate surface area is 158 Å². The van der Waals surface area contributed by atoms with Gasteiger partial charge in [-0.1, -0.05) is 5.16 Å². The summed E-state index contributed by atoms with van der Waals surface area (Å²) in [7, 11) is 0. The first-order valence-corrected chi connectivity index (χ1v) is 9.73. The lowest BCUT2D eigenvalue weighted by Crippen LogP contribution is -2.33. The number of likely N-dealkylation sites (tertiary alicyclic amines) is 1. The summed E-state index contributed by atoms with van der Waals surface area (Å²) in [5.74, 6) is 3.04. The summed E-state index contributed by atoms with van der Waals surface area (Å²) < 4.78 is 10.8. The molecule has 3 unspecified atom stereocenters. The molecular formula is C20H26N4O3. The highest BCUT2D eigenvalue weighted by Gasteiger charge is 2.42. The third-order valence-electron chi connectivity index (χ3n) is 5.71. The van der Waals surface area contributed by atoms with E-state index in [4.69, 9.17) is 15.0 Å². The molecule has 2 aliphatic rings. The quantitative estimate of drug-likeness (QED) is 0.838. The highest BCUT2D eigenvalue weighted by molar-refractivity contribution is 5.76. The fourth-order valence-corrected chi connectivity index (χ4v) is 4.22. The van der Waals surface area contributed by atoms with Crippen molar-refractivity contribution in [1.82, 2.24) is 15.0 Å². The molecule has 7 heteroatoms. The van der Waals surface area contributed by atoms with Gasteiger partial charge >= 0.3 is 0 Å². The zero-order chi connectivity index (χ0) is 18.8. The van der Waals surface area contributed by atoms with Crippen molar-refractivity contribution in [2.45, 2.75) is 38.6 Å². The van der Waals surface area contributed by atoms with E-state index in [9.17, 15) is 4.79 Å². The SMILES string of the molecule is CCOc1ccc(-c2noc(CCC(=O)N3CC4CCC(N)C4C3)n2)cc1. The number of carbonyl (C=O) groups is 1. The van der Waals surface area contributed by atoms with E-state index in [2.05, 4.69) is 10.1 Å². The fourth-order valence-electron chi connectivity index (χ4n) is 4.22. The second-order valence-corrected chi connectivity index (χ2v) is 7.43. The maximum Gasteiger partial charge on any atom is 0.227 e. The van der Waals surface area contributed by atoms with Gasteiger partial charge in [0.05, 0.1) is 6.61 Å². The Balaban J connectivity index is 1.31. The maximum absolute atomic E-state index is 12.5. The summed E-state index contributed by atoms with van der Waals surface area (Å²) in [4.78, 5) is 18.9. The number of aryl methyl sites for hydroxylation is 1. The Morgan fingerprint density at radius 1 is 1.30 bits per heavy atom. The van der Waals surface area contributed by atoms with E-state index in [0.717, 1.165) is 37.2 Å². The predicted molar refractivity (Wildman–Crippen MR) is 100.0 cm³/mol. The number of amides is 1. The van der Waals surface area contributed by atoms with Gasteiger partial charge in [0.1, 0.15) is 5.75 Å². The van der Waals surface area contributed by atoms with Crippen LogP contribution in [0.5, 0.6) is 5.75 Å². The standard InChI is InChI=1S/C20H26N4O3/c1-2-26-15-6-3-13(4-7-15)20-22-18(27-23-20)9-10-19(25)24-11-14-5-8-17(21)16(14)12-24/h3-4,6-7,14,16-17H,2,5,8-12,21H2,1H3. The number of rotatable bonds is 6. The largest absolute Gasteiger partial charge is 0.494 e. The van der Waals surface area contributed by atoms with E-state index < -0.39 is 0 Å². The Bertz CT molecular complexity index is 789. The zero-order valence-corrected chi connectivity index (χ0v) is 15.6. The molecule has 7 nitrogen and oxygen atoms in total. The third kappa shape index (κ3) is 3.83. The van der Waals surface area contributed by atoms with Gasteiger partial charge in [-0.25, -0.2) is 0 Å². The summed E-state index contributed by atoms with van der Waals surface area (Å²) in [6, 6.07) is 7.81. The number of fused-ring (bicyclic) bond motifs is 1. The Morgan fingerprint density at radius 3 is 2.85 bits per heavy atom. The average Bonchev–Trinajstić information content (AvgIpc) is 3.39. The molecule has 4 rings (SSSR count).